The molecule has 1 aliphatic rings. The fraction of sp³-hybridized carbons (Fsp3) is 0.700. The Kier molecular flexibility index (Phi) is 4.00. The third-order valence-corrected chi connectivity index (χ3v) is 4.90. The predicted octanol–water partition coefficient (Wildman–Crippen LogP) is -0.715. The second-order valence-electron chi connectivity index (χ2n) is 4.20. The second kappa shape index (κ2) is 5.35. The molecule has 0 saturated carbocycles. The molecule has 1 fully saturated rings. The normalized spacial score (nSPS) is 20.7. The standard InChI is InChI=1S/C10H17N3O4S/c1-12(9-2-5-17-8-9)18(15,16)10-6-11-13(7-10)3-4-14/h6-7,9,14H,2-5,8H2,1H3. The smallest absolute Gasteiger partial charge is 0.246 e. The van der Waals surface area contributed by atoms with Crippen LogP contribution in [-0.2, 0) is 21.3 Å². The van der Waals surface area contributed by atoms with Crippen molar-refractivity contribution in [3.63, 3.8) is 0 Å². The fourth-order valence-electron chi connectivity index (χ4n) is 1.87. The highest BCUT2D eigenvalue weighted by Gasteiger charge is 2.31. The summed E-state index contributed by atoms with van der Waals surface area (Å²) in [6.45, 7) is 1.23. The number of hydrogen-bond acceptors (Lipinski definition) is 5. The lowest BCUT2D eigenvalue weighted by Gasteiger charge is -2.21. The van der Waals surface area contributed by atoms with Crippen LogP contribution >= 0.6 is 0 Å². The Balaban J connectivity index is 2.18. The number of likely N-dealkylation sites (N-methyl/N-ethyl adjacent to an activating group) is 1. The summed E-state index contributed by atoms with van der Waals surface area (Å²) in [5.41, 5.74) is 0. The number of sulfonamides is 1. The molecular weight excluding hydrogens is 258 g/mol. The Morgan fingerprint density at radius 1 is 1.67 bits per heavy atom. The van der Waals surface area contributed by atoms with E-state index >= 15 is 0 Å². The van der Waals surface area contributed by atoms with Gasteiger partial charge in [-0.1, -0.05) is 0 Å². The molecule has 8 heteroatoms. The Bertz CT molecular complexity index is 493. The van der Waals surface area contributed by atoms with Gasteiger partial charge in [0, 0.05) is 19.9 Å². The van der Waals surface area contributed by atoms with Crippen molar-refractivity contribution in [3.8, 4) is 0 Å². The van der Waals surface area contributed by atoms with Crippen LogP contribution in [0.1, 0.15) is 6.42 Å². The zero-order valence-corrected chi connectivity index (χ0v) is 11.0. The molecule has 1 aliphatic heterocycles. The lowest BCUT2D eigenvalue weighted by atomic mass is 10.3. The van der Waals surface area contributed by atoms with Crippen molar-refractivity contribution in [3.05, 3.63) is 12.4 Å². The molecule has 0 bridgehead atoms. The summed E-state index contributed by atoms with van der Waals surface area (Å²) < 4.78 is 32.5. The third-order valence-electron chi connectivity index (χ3n) is 3.04. The van der Waals surface area contributed by atoms with Crippen LogP contribution in [0.25, 0.3) is 0 Å². The highest BCUT2D eigenvalue weighted by molar-refractivity contribution is 7.89. The molecule has 1 N–H and O–H groups in total. The van der Waals surface area contributed by atoms with Crippen LogP contribution in [0, 0.1) is 0 Å². The van der Waals surface area contributed by atoms with E-state index in [9.17, 15) is 8.42 Å². The first-order valence-corrected chi connectivity index (χ1v) is 7.19. The van der Waals surface area contributed by atoms with Crippen molar-refractivity contribution in [2.75, 3.05) is 26.9 Å². The van der Waals surface area contributed by atoms with Crippen LogP contribution in [0.4, 0.5) is 0 Å². The van der Waals surface area contributed by atoms with Gasteiger partial charge >= 0.3 is 0 Å². The van der Waals surface area contributed by atoms with Gasteiger partial charge in [0.25, 0.3) is 0 Å². The molecule has 2 rings (SSSR count). The molecule has 7 nitrogen and oxygen atoms in total. The molecule has 1 unspecified atom stereocenters. The summed E-state index contributed by atoms with van der Waals surface area (Å²) in [6, 6.07) is -0.115. The van der Waals surface area contributed by atoms with Crippen LogP contribution < -0.4 is 0 Å². The highest BCUT2D eigenvalue weighted by atomic mass is 32.2. The SMILES string of the molecule is CN(C1CCOC1)S(=O)(=O)c1cnn(CCO)c1. The molecule has 18 heavy (non-hydrogen) atoms. The topological polar surface area (TPSA) is 84.7 Å². The van der Waals surface area contributed by atoms with Crippen molar-refractivity contribution >= 4 is 10.0 Å². The van der Waals surface area contributed by atoms with Crippen LogP contribution in [-0.4, -0.2) is 60.5 Å². The molecule has 1 aromatic heterocycles. The zero-order chi connectivity index (χ0) is 13.2. The van der Waals surface area contributed by atoms with E-state index in [0.717, 1.165) is 0 Å². The van der Waals surface area contributed by atoms with E-state index in [1.165, 1.54) is 21.4 Å². The summed E-state index contributed by atoms with van der Waals surface area (Å²) in [7, 11) is -1.98. The first-order valence-electron chi connectivity index (χ1n) is 5.75. The van der Waals surface area contributed by atoms with Gasteiger partial charge in [0.15, 0.2) is 0 Å². The summed E-state index contributed by atoms with van der Waals surface area (Å²) >= 11 is 0. The van der Waals surface area contributed by atoms with Gasteiger partial charge in [0.2, 0.25) is 10.0 Å². The van der Waals surface area contributed by atoms with Crippen molar-refractivity contribution in [2.24, 2.45) is 0 Å². The molecule has 0 aliphatic carbocycles. The number of hydrogen-bond donors (Lipinski definition) is 1. The molecule has 0 aromatic carbocycles. The van der Waals surface area contributed by atoms with Crippen LogP contribution in [0.15, 0.2) is 17.3 Å². The van der Waals surface area contributed by atoms with E-state index in [2.05, 4.69) is 5.10 Å². The van der Waals surface area contributed by atoms with E-state index in [4.69, 9.17) is 9.84 Å². The molecular formula is C10H17N3O4S. The minimum absolute atomic E-state index is 0.0759. The first kappa shape index (κ1) is 13.5. The number of aliphatic hydroxyl groups is 1. The number of aliphatic hydroxyl groups excluding tert-OH is 1. The van der Waals surface area contributed by atoms with Crippen LogP contribution in [0.5, 0.6) is 0 Å². The summed E-state index contributed by atoms with van der Waals surface area (Å²) in [5, 5.41) is 12.7. The maximum absolute atomic E-state index is 12.3. The van der Waals surface area contributed by atoms with Crippen molar-refractivity contribution in [1.29, 1.82) is 0 Å². The van der Waals surface area contributed by atoms with Gasteiger partial charge in [0.05, 0.1) is 32.0 Å². The van der Waals surface area contributed by atoms with Gasteiger partial charge < -0.3 is 9.84 Å². The molecule has 0 amide bonds. The van der Waals surface area contributed by atoms with Gasteiger partial charge in [-0.3, -0.25) is 4.68 Å². The summed E-state index contributed by atoms with van der Waals surface area (Å²) in [6.07, 6.45) is 3.44. The first-order chi connectivity index (χ1) is 8.55. The predicted molar refractivity (Wildman–Crippen MR) is 63.5 cm³/mol. The number of rotatable bonds is 5. The summed E-state index contributed by atoms with van der Waals surface area (Å²) in [5.74, 6) is 0. The maximum Gasteiger partial charge on any atom is 0.246 e. The Morgan fingerprint density at radius 3 is 3.06 bits per heavy atom. The van der Waals surface area contributed by atoms with Crippen LogP contribution in [0.3, 0.4) is 0 Å². The molecule has 0 radical (unpaired) electrons. The summed E-state index contributed by atoms with van der Waals surface area (Å²) in [4.78, 5) is 0.144. The molecule has 102 valence electrons. The van der Waals surface area contributed by atoms with Gasteiger partial charge in [-0.15, -0.1) is 0 Å². The molecule has 1 saturated heterocycles. The molecule has 2 heterocycles. The van der Waals surface area contributed by atoms with E-state index in [0.29, 0.717) is 19.6 Å². The maximum atomic E-state index is 12.3. The Hall–Kier alpha value is -0.960. The number of aromatic nitrogens is 2. The van der Waals surface area contributed by atoms with Gasteiger partial charge in [-0.05, 0) is 6.42 Å². The average Bonchev–Trinajstić information content (AvgIpc) is 2.99. The quantitative estimate of drug-likeness (QED) is 0.767. The average molecular weight is 275 g/mol. The largest absolute Gasteiger partial charge is 0.394 e. The minimum Gasteiger partial charge on any atom is -0.394 e. The monoisotopic (exact) mass is 275 g/mol. The van der Waals surface area contributed by atoms with Crippen molar-refractivity contribution in [1.82, 2.24) is 14.1 Å². The molecule has 0 spiro atoms. The zero-order valence-electron chi connectivity index (χ0n) is 10.2. The second-order valence-corrected chi connectivity index (χ2v) is 6.20. The van der Waals surface area contributed by atoms with Gasteiger partial charge in [-0.2, -0.15) is 9.40 Å². The number of nitrogens with zero attached hydrogens (tertiary/aromatic N) is 3. The van der Waals surface area contributed by atoms with Crippen molar-refractivity contribution < 1.29 is 18.3 Å². The molecule has 1 aromatic rings. The van der Waals surface area contributed by atoms with Crippen molar-refractivity contribution in [2.45, 2.75) is 23.9 Å². The Labute approximate surface area is 106 Å². The van der Waals surface area contributed by atoms with Gasteiger partial charge in [0.1, 0.15) is 4.90 Å². The van der Waals surface area contributed by atoms with Gasteiger partial charge in [-0.25, -0.2) is 8.42 Å². The molecule has 1 atom stereocenters. The minimum atomic E-state index is -3.53. The third kappa shape index (κ3) is 2.56. The Morgan fingerprint density at radius 2 is 2.44 bits per heavy atom. The van der Waals surface area contributed by atoms with E-state index in [1.807, 2.05) is 0 Å². The lowest BCUT2D eigenvalue weighted by molar-refractivity contribution is 0.181. The number of ether oxygens (including phenoxy) is 1. The van der Waals surface area contributed by atoms with E-state index < -0.39 is 10.0 Å². The lowest BCUT2D eigenvalue weighted by Crippen LogP contribution is -2.37. The van der Waals surface area contributed by atoms with Crippen LogP contribution in [0.2, 0.25) is 0 Å². The fourth-order valence-corrected chi connectivity index (χ4v) is 3.20. The van der Waals surface area contributed by atoms with E-state index in [-0.39, 0.29) is 24.1 Å². The highest BCUT2D eigenvalue weighted by Crippen LogP contribution is 2.20. The van der Waals surface area contributed by atoms with E-state index in [1.54, 1.807) is 7.05 Å².